The van der Waals surface area contributed by atoms with Gasteiger partial charge in [0, 0.05) is 5.75 Å². The zero-order valence-electron chi connectivity index (χ0n) is 10.9. The first kappa shape index (κ1) is 13.6. The molecule has 1 heterocycles. The highest BCUT2D eigenvalue weighted by Crippen LogP contribution is 2.45. The van der Waals surface area contributed by atoms with Crippen molar-refractivity contribution >= 4 is 17.7 Å². The summed E-state index contributed by atoms with van der Waals surface area (Å²) in [5, 5.41) is 0. The summed E-state index contributed by atoms with van der Waals surface area (Å²) in [6, 6.07) is 0. The van der Waals surface area contributed by atoms with Crippen LogP contribution >= 0.6 is 11.8 Å². The fourth-order valence-electron chi connectivity index (χ4n) is 1.95. The van der Waals surface area contributed by atoms with E-state index in [0.29, 0.717) is 12.5 Å². The van der Waals surface area contributed by atoms with Gasteiger partial charge in [0.1, 0.15) is 4.75 Å². The van der Waals surface area contributed by atoms with Crippen LogP contribution in [0.5, 0.6) is 0 Å². The van der Waals surface area contributed by atoms with E-state index in [4.69, 9.17) is 4.74 Å². The Morgan fingerprint density at radius 1 is 1.44 bits per heavy atom. The minimum absolute atomic E-state index is 0.0400. The quantitative estimate of drug-likeness (QED) is 0.560. The molecule has 92 valence electrons. The van der Waals surface area contributed by atoms with Crippen molar-refractivity contribution in [1.82, 2.24) is 0 Å². The fourth-order valence-corrected chi connectivity index (χ4v) is 3.50. The van der Waals surface area contributed by atoms with Crippen molar-refractivity contribution in [3.63, 3.8) is 0 Å². The zero-order chi connectivity index (χ0) is 12.3. The number of allylic oxidation sites excluding steroid dienone is 1. The number of rotatable bonds is 3. The topological polar surface area (TPSA) is 26.3 Å². The largest absolute Gasteiger partial charge is 0.465 e. The average molecular weight is 242 g/mol. The van der Waals surface area contributed by atoms with Crippen molar-refractivity contribution in [3.05, 3.63) is 11.1 Å². The summed E-state index contributed by atoms with van der Waals surface area (Å²) >= 11 is 1.75. The molecule has 0 aromatic rings. The Labute approximate surface area is 103 Å². The maximum absolute atomic E-state index is 12.1. The van der Waals surface area contributed by atoms with Gasteiger partial charge in [-0.3, -0.25) is 4.79 Å². The van der Waals surface area contributed by atoms with Crippen molar-refractivity contribution < 1.29 is 9.53 Å². The van der Waals surface area contributed by atoms with Crippen molar-refractivity contribution in [1.29, 1.82) is 0 Å². The predicted molar refractivity (Wildman–Crippen MR) is 69.7 cm³/mol. The van der Waals surface area contributed by atoms with Crippen molar-refractivity contribution in [2.45, 2.75) is 45.8 Å². The molecule has 0 aromatic heterocycles. The van der Waals surface area contributed by atoms with Crippen LogP contribution in [-0.4, -0.2) is 23.1 Å². The Balaban J connectivity index is 2.97. The van der Waals surface area contributed by atoms with Gasteiger partial charge in [-0.25, -0.2) is 0 Å². The molecule has 0 saturated carbocycles. The second kappa shape index (κ2) is 5.26. The lowest BCUT2D eigenvalue weighted by atomic mass is 9.86. The van der Waals surface area contributed by atoms with E-state index in [0.717, 1.165) is 12.2 Å². The molecule has 2 nitrogen and oxygen atoms in total. The first-order chi connectivity index (χ1) is 7.44. The molecule has 0 N–H and O–H groups in total. The predicted octanol–water partition coefficient (Wildman–Crippen LogP) is 3.42. The first-order valence-electron chi connectivity index (χ1n) is 5.90. The molecule has 3 heteroatoms. The van der Waals surface area contributed by atoms with Crippen molar-refractivity contribution in [2.75, 3.05) is 12.4 Å². The van der Waals surface area contributed by atoms with E-state index < -0.39 is 0 Å². The Morgan fingerprint density at radius 2 is 2.06 bits per heavy atom. The van der Waals surface area contributed by atoms with Crippen LogP contribution < -0.4 is 0 Å². The third kappa shape index (κ3) is 2.45. The van der Waals surface area contributed by atoms with Crippen LogP contribution in [-0.2, 0) is 9.53 Å². The lowest BCUT2D eigenvalue weighted by Crippen LogP contribution is -2.44. The Hall–Kier alpha value is -0.440. The van der Waals surface area contributed by atoms with Gasteiger partial charge in [0.05, 0.1) is 6.61 Å². The lowest BCUT2D eigenvalue weighted by molar-refractivity contribution is -0.147. The van der Waals surface area contributed by atoms with E-state index >= 15 is 0 Å². The van der Waals surface area contributed by atoms with E-state index in [9.17, 15) is 4.79 Å². The van der Waals surface area contributed by atoms with E-state index in [1.54, 1.807) is 11.8 Å². The van der Waals surface area contributed by atoms with Gasteiger partial charge >= 0.3 is 5.97 Å². The van der Waals surface area contributed by atoms with Gasteiger partial charge in [0.15, 0.2) is 0 Å². The molecule has 1 unspecified atom stereocenters. The molecule has 0 spiro atoms. The Bertz CT molecular complexity index is 307. The summed E-state index contributed by atoms with van der Waals surface area (Å²) in [5.41, 5.74) is 2.76. The molecule has 0 fully saturated rings. The van der Waals surface area contributed by atoms with Gasteiger partial charge in [-0.2, -0.15) is 0 Å². The van der Waals surface area contributed by atoms with Crippen LogP contribution in [0.3, 0.4) is 0 Å². The standard InChI is InChI=1S/C13H22O2S/c1-6-15-12(14)13(9(2)3)7-10(4)11(5)8-16-13/h9H,6-8H2,1-5H3. The zero-order valence-corrected chi connectivity index (χ0v) is 11.7. The highest BCUT2D eigenvalue weighted by molar-refractivity contribution is 8.01. The summed E-state index contributed by atoms with van der Waals surface area (Å²) in [5.74, 6) is 1.21. The highest BCUT2D eigenvalue weighted by atomic mass is 32.2. The second-order valence-corrected chi connectivity index (χ2v) is 6.10. The summed E-state index contributed by atoms with van der Waals surface area (Å²) in [7, 11) is 0. The summed E-state index contributed by atoms with van der Waals surface area (Å²) in [6.45, 7) is 10.8. The molecule has 0 aliphatic carbocycles. The monoisotopic (exact) mass is 242 g/mol. The van der Waals surface area contributed by atoms with E-state index in [1.807, 2.05) is 6.92 Å². The van der Waals surface area contributed by atoms with E-state index in [2.05, 4.69) is 27.7 Å². The third-order valence-electron chi connectivity index (χ3n) is 3.36. The molecule has 0 radical (unpaired) electrons. The number of thioether (sulfide) groups is 1. The van der Waals surface area contributed by atoms with Gasteiger partial charge < -0.3 is 4.74 Å². The van der Waals surface area contributed by atoms with Crippen LogP contribution in [0, 0.1) is 5.92 Å². The van der Waals surface area contributed by atoms with Crippen LogP contribution in [0.15, 0.2) is 11.1 Å². The van der Waals surface area contributed by atoms with Gasteiger partial charge in [-0.05, 0) is 33.1 Å². The molecule has 0 bridgehead atoms. The highest BCUT2D eigenvalue weighted by Gasteiger charge is 2.45. The second-order valence-electron chi connectivity index (χ2n) is 4.79. The molecule has 0 saturated heterocycles. The number of hydrogen-bond donors (Lipinski definition) is 0. The van der Waals surface area contributed by atoms with Crippen LogP contribution in [0.4, 0.5) is 0 Å². The van der Waals surface area contributed by atoms with Gasteiger partial charge in [0.2, 0.25) is 0 Å². The number of hydrogen-bond acceptors (Lipinski definition) is 3. The van der Waals surface area contributed by atoms with Crippen molar-refractivity contribution in [3.8, 4) is 0 Å². The van der Waals surface area contributed by atoms with Crippen molar-refractivity contribution in [2.24, 2.45) is 5.92 Å². The summed E-state index contributed by atoms with van der Waals surface area (Å²) in [6.07, 6.45) is 0.833. The maximum atomic E-state index is 12.1. The minimum atomic E-state index is -0.362. The fraction of sp³-hybridized carbons (Fsp3) is 0.769. The van der Waals surface area contributed by atoms with Gasteiger partial charge in [0.25, 0.3) is 0 Å². The molecular formula is C13H22O2S. The summed E-state index contributed by atoms with van der Waals surface area (Å²) < 4.78 is 4.89. The number of carbonyl (C=O) groups is 1. The third-order valence-corrected chi connectivity index (χ3v) is 5.23. The molecule has 0 aromatic carbocycles. The first-order valence-corrected chi connectivity index (χ1v) is 6.89. The molecule has 16 heavy (non-hydrogen) atoms. The van der Waals surface area contributed by atoms with E-state index in [-0.39, 0.29) is 10.7 Å². The van der Waals surface area contributed by atoms with Crippen LogP contribution in [0.2, 0.25) is 0 Å². The van der Waals surface area contributed by atoms with Gasteiger partial charge in [-0.15, -0.1) is 11.8 Å². The lowest BCUT2D eigenvalue weighted by Gasteiger charge is -2.38. The summed E-state index contributed by atoms with van der Waals surface area (Å²) in [4.78, 5) is 12.1. The minimum Gasteiger partial charge on any atom is -0.465 e. The molecule has 1 aliphatic heterocycles. The molecule has 1 rings (SSSR count). The number of esters is 1. The maximum Gasteiger partial charge on any atom is 0.322 e. The SMILES string of the molecule is CCOC(=O)C1(C(C)C)CC(C)=C(C)CS1. The smallest absolute Gasteiger partial charge is 0.322 e. The van der Waals surface area contributed by atoms with Gasteiger partial charge in [-0.1, -0.05) is 25.0 Å². The Morgan fingerprint density at radius 3 is 2.50 bits per heavy atom. The van der Waals surface area contributed by atoms with E-state index in [1.165, 1.54) is 11.1 Å². The molecule has 0 amide bonds. The molecular weight excluding hydrogens is 220 g/mol. The average Bonchev–Trinajstić information content (AvgIpc) is 2.22. The number of carbonyl (C=O) groups excluding carboxylic acids is 1. The van der Waals surface area contributed by atoms with Crippen LogP contribution in [0.25, 0.3) is 0 Å². The molecule has 1 atom stereocenters. The normalized spacial score (nSPS) is 26.1. The number of ether oxygens (including phenoxy) is 1. The van der Waals surface area contributed by atoms with Crippen LogP contribution in [0.1, 0.15) is 41.0 Å². The molecule has 1 aliphatic rings. The Kier molecular flexibility index (Phi) is 4.48.